The van der Waals surface area contributed by atoms with E-state index in [1.807, 2.05) is 6.92 Å². The Morgan fingerprint density at radius 1 is 1.14 bits per heavy atom. The van der Waals surface area contributed by atoms with Gasteiger partial charge in [-0.2, -0.15) is 0 Å². The van der Waals surface area contributed by atoms with Crippen molar-refractivity contribution in [1.82, 2.24) is 0 Å². The minimum Gasteiger partial charge on any atom is -0.481 e. The van der Waals surface area contributed by atoms with Crippen LogP contribution in [0.5, 0.6) is 0 Å². The second-order valence-corrected chi connectivity index (χ2v) is 4.02. The first kappa shape index (κ1) is 13.5. The van der Waals surface area contributed by atoms with Crippen LogP contribution in [-0.2, 0) is 4.79 Å². The Balaban J connectivity index is 4.01. The van der Waals surface area contributed by atoms with E-state index in [1.54, 1.807) is 0 Å². The molecule has 0 aromatic rings. The number of carbonyl (C=O) groups is 1. The largest absolute Gasteiger partial charge is 0.481 e. The number of carboxylic acids is 1. The van der Waals surface area contributed by atoms with Gasteiger partial charge in [-0.3, -0.25) is 4.79 Å². The van der Waals surface area contributed by atoms with E-state index in [9.17, 15) is 4.79 Å². The van der Waals surface area contributed by atoms with Crippen LogP contribution in [0.2, 0.25) is 0 Å². The van der Waals surface area contributed by atoms with Crippen LogP contribution in [0.25, 0.3) is 0 Å². The maximum absolute atomic E-state index is 11.0. The maximum Gasteiger partial charge on any atom is 0.306 e. The zero-order valence-electron chi connectivity index (χ0n) is 9.75. The molecule has 14 heavy (non-hydrogen) atoms. The summed E-state index contributed by atoms with van der Waals surface area (Å²) in [6, 6.07) is 0. The van der Waals surface area contributed by atoms with Gasteiger partial charge in [0.25, 0.3) is 0 Å². The van der Waals surface area contributed by atoms with E-state index in [0.29, 0.717) is 5.92 Å². The molecule has 0 bridgehead atoms. The van der Waals surface area contributed by atoms with Gasteiger partial charge in [-0.05, 0) is 18.8 Å². The van der Waals surface area contributed by atoms with Gasteiger partial charge in [0.2, 0.25) is 0 Å². The SMILES string of the molecule is CCCCCC(CC)C(CC)C(=O)O. The normalized spacial score (nSPS) is 15.1. The van der Waals surface area contributed by atoms with Crippen LogP contribution >= 0.6 is 0 Å². The van der Waals surface area contributed by atoms with Crippen molar-refractivity contribution in [1.29, 1.82) is 0 Å². The molecule has 1 N–H and O–H groups in total. The second-order valence-electron chi connectivity index (χ2n) is 4.02. The molecular formula is C12H24O2. The molecule has 0 aromatic carbocycles. The molecule has 0 fully saturated rings. The van der Waals surface area contributed by atoms with E-state index >= 15 is 0 Å². The highest BCUT2D eigenvalue weighted by atomic mass is 16.4. The molecular weight excluding hydrogens is 176 g/mol. The van der Waals surface area contributed by atoms with Crippen molar-refractivity contribution < 1.29 is 9.90 Å². The lowest BCUT2D eigenvalue weighted by atomic mass is 9.84. The Morgan fingerprint density at radius 2 is 1.79 bits per heavy atom. The van der Waals surface area contributed by atoms with E-state index in [2.05, 4.69) is 13.8 Å². The third kappa shape index (κ3) is 4.64. The maximum atomic E-state index is 11.0. The number of aliphatic carboxylic acids is 1. The number of hydrogen-bond donors (Lipinski definition) is 1. The van der Waals surface area contributed by atoms with Crippen LogP contribution in [0.15, 0.2) is 0 Å². The highest BCUT2D eigenvalue weighted by Crippen LogP contribution is 2.25. The molecule has 0 heterocycles. The standard InChI is InChI=1S/C12H24O2/c1-4-7-8-9-10(5-2)11(6-3)12(13)14/h10-11H,4-9H2,1-3H3,(H,13,14). The van der Waals surface area contributed by atoms with Gasteiger partial charge in [-0.1, -0.05) is 46.5 Å². The number of rotatable bonds is 8. The lowest BCUT2D eigenvalue weighted by Gasteiger charge is -2.21. The molecule has 0 aliphatic heterocycles. The fourth-order valence-electron chi connectivity index (χ4n) is 2.06. The van der Waals surface area contributed by atoms with E-state index in [1.165, 1.54) is 19.3 Å². The van der Waals surface area contributed by atoms with Crippen LogP contribution in [0, 0.1) is 11.8 Å². The minimum absolute atomic E-state index is 0.128. The van der Waals surface area contributed by atoms with E-state index < -0.39 is 5.97 Å². The van der Waals surface area contributed by atoms with Crippen molar-refractivity contribution in [2.45, 2.75) is 59.3 Å². The third-order valence-corrected chi connectivity index (χ3v) is 3.03. The van der Waals surface area contributed by atoms with Crippen molar-refractivity contribution in [2.75, 3.05) is 0 Å². The molecule has 0 amide bonds. The monoisotopic (exact) mass is 200 g/mol. The smallest absolute Gasteiger partial charge is 0.306 e. The average Bonchev–Trinajstić information content (AvgIpc) is 2.16. The van der Waals surface area contributed by atoms with Crippen molar-refractivity contribution >= 4 is 5.97 Å². The van der Waals surface area contributed by atoms with E-state index in [0.717, 1.165) is 19.3 Å². The first-order valence-electron chi connectivity index (χ1n) is 5.90. The molecule has 0 rings (SSSR count). The fraction of sp³-hybridized carbons (Fsp3) is 0.917. The zero-order valence-corrected chi connectivity index (χ0v) is 9.75. The summed E-state index contributed by atoms with van der Waals surface area (Å²) in [5.41, 5.74) is 0. The van der Waals surface area contributed by atoms with Gasteiger partial charge >= 0.3 is 5.97 Å². The summed E-state index contributed by atoms with van der Waals surface area (Å²) in [5.74, 6) is -0.364. The van der Waals surface area contributed by atoms with Gasteiger partial charge in [0.05, 0.1) is 5.92 Å². The third-order valence-electron chi connectivity index (χ3n) is 3.03. The number of carboxylic acid groups (broad SMARTS) is 1. The zero-order chi connectivity index (χ0) is 11.0. The molecule has 0 radical (unpaired) electrons. The topological polar surface area (TPSA) is 37.3 Å². The summed E-state index contributed by atoms with van der Waals surface area (Å²) in [7, 11) is 0. The molecule has 2 atom stereocenters. The van der Waals surface area contributed by atoms with Crippen molar-refractivity contribution in [2.24, 2.45) is 11.8 Å². The molecule has 0 aliphatic carbocycles. The van der Waals surface area contributed by atoms with Crippen LogP contribution in [0.4, 0.5) is 0 Å². The second kappa shape index (κ2) is 7.84. The molecule has 0 aromatic heterocycles. The van der Waals surface area contributed by atoms with Gasteiger partial charge in [-0.25, -0.2) is 0 Å². The Kier molecular flexibility index (Phi) is 7.54. The summed E-state index contributed by atoms with van der Waals surface area (Å²) in [4.78, 5) is 11.0. The number of unbranched alkanes of at least 4 members (excludes halogenated alkanes) is 2. The number of hydrogen-bond acceptors (Lipinski definition) is 1. The predicted molar refractivity (Wildman–Crippen MR) is 59.3 cm³/mol. The van der Waals surface area contributed by atoms with Gasteiger partial charge in [-0.15, -0.1) is 0 Å². The molecule has 0 aliphatic rings. The Bertz CT molecular complexity index is 154. The van der Waals surface area contributed by atoms with Crippen LogP contribution in [0.3, 0.4) is 0 Å². The first-order chi connectivity index (χ1) is 6.67. The van der Waals surface area contributed by atoms with Gasteiger partial charge in [0.1, 0.15) is 0 Å². The Morgan fingerprint density at radius 3 is 2.14 bits per heavy atom. The molecule has 0 spiro atoms. The van der Waals surface area contributed by atoms with Crippen molar-refractivity contribution in [3.8, 4) is 0 Å². The average molecular weight is 200 g/mol. The van der Waals surface area contributed by atoms with Crippen LogP contribution in [0.1, 0.15) is 59.3 Å². The van der Waals surface area contributed by atoms with E-state index in [-0.39, 0.29) is 5.92 Å². The van der Waals surface area contributed by atoms with E-state index in [4.69, 9.17) is 5.11 Å². The fourth-order valence-corrected chi connectivity index (χ4v) is 2.06. The minimum atomic E-state index is -0.615. The highest BCUT2D eigenvalue weighted by molar-refractivity contribution is 5.70. The summed E-state index contributed by atoms with van der Waals surface area (Å²) < 4.78 is 0. The predicted octanol–water partition coefficient (Wildman–Crippen LogP) is 3.70. The van der Waals surface area contributed by atoms with Crippen LogP contribution in [-0.4, -0.2) is 11.1 Å². The highest BCUT2D eigenvalue weighted by Gasteiger charge is 2.24. The molecule has 0 saturated heterocycles. The summed E-state index contributed by atoms with van der Waals surface area (Å²) in [6.07, 6.45) is 6.45. The first-order valence-corrected chi connectivity index (χ1v) is 5.90. The molecule has 2 heteroatoms. The summed E-state index contributed by atoms with van der Waals surface area (Å²) in [5, 5.41) is 9.03. The Labute approximate surface area is 87.7 Å². The lowest BCUT2D eigenvalue weighted by molar-refractivity contribution is -0.144. The quantitative estimate of drug-likeness (QED) is 0.606. The van der Waals surface area contributed by atoms with Crippen LogP contribution < -0.4 is 0 Å². The van der Waals surface area contributed by atoms with Gasteiger partial charge in [0.15, 0.2) is 0 Å². The Hall–Kier alpha value is -0.530. The summed E-state index contributed by atoms with van der Waals surface area (Å²) in [6.45, 7) is 6.25. The lowest BCUT2D eigenvalue weighted by Crippen LogP contribution is -2.22. The van der Waals surface area contributed by atoms with Crippen molar-refractivity contribution in [3.63, 3.8) is 0 Å². The van der Waals surface area contributed by atoms with Crippen molar-refractivity contribution in [3.05, 3.63) is 0 Å². The molecule has 0 saturated carbocycles. The van der Waals surface area contributed by atoms with Gasteiger partial charge < -0.3 is 5.11 Å². The molecule has 2 unspecified atom stereocenters. The van der Waals surface area contributed by atoms with Gasteiger partial charge in [0, 0.05) is 0 Å². The summed E-state index contributed by atoms with van der Waals surface area (Å²) >= 11 is 0. The molecule has 2 nitrogen and oxygen atoms in total. The molecule has 84 valence electrons.